The van der Waals surface area contributed by atoms with Crippen molar-refractivity contribution in [2.75, 3.05) is 23.8 Å². The zero-order valence-electron chi connectivity index (χ0n) is 16.4. The molecular formula is C22H29N3O2. The molecule has 0 heterocycles. The standard InChI is InChI=1S/C22H29N3O2/c1-17(2)9-14-21(26)23-15-22(27)24-19-10-12-20(13-11-19)25(3)16-18-7-5-4-6-8-18/h4-8,10-13,17H,9,14-16H2,1-3H3,(H,23,26)(H,24,27). The summed E-state index contributed by atoms with van der Waals surface area (Å²) < 4.78 is 0. The number of nitrogens with one attached hydrogen (secondary N) is 2. The lowest BCUT2D eigenvalue weighted by Gasteiger charge is -2.20. The Balaban J connectivity index is 1.79. The highest BCUT2D eigenvalue weighted by molar-refractivity contribution is 5.94. The molecule has 2 aromatic rings. The molecule has 2 amide bonds. The molecule has 0 saturated heterocycles. The van der Waals surface area contributed by atoms with Crippen LogP contribution in [-0.2, 0) is 16.1 Å². The van der Waals surface area contributed by atoms with Gasteiger partial charge in [-0.2, -0.15) is 0 Å². The minimum absolute atomic E-state index is 0.00735. The largest absolute Gasteiger partial charge is 0.370 e. The van der Waals surface area contributed by atoms with Crippen molar-refractivity contribution in [1.29, 1.82) is 0 Å². The van der Waals surface area contributed by atoms with Gasteiger partial charge in [0, 0.05) is 31.4 Å². The number of anilines is 2. The molecule has 0 unspecified atom stereocenters. The van der Waals surface area contributed by atoms with Gasteiger partial charge >= 0.3 is 0 Å². The number of hydrogen-bond acceptors (Lipinski definition) is 3. The molecule has 5 nitrogen and oxygen atoms in total. The Hall–Kier alpha value is -2.82. The molecule has 5 heteroatoms. The molecular weight excluding hydrogens is 338 g/mol. The van der Waals surface area contributed by atoms with Crippen molar-refractivity contribution in [2.45, 2.75) is 33.2 Å². The summed E-state index contributed by atoms with van der Waals surface area (Å²) in [5.41, 5.74) is 3.03. The van der Waals surface area contributed by atoms with E-state index in [0.29, 0.717) is 18.0 Å². The molecule has 0 saturated carbocycles. The van der Waals surface area contributed by atoms with Gasteiger partial charge in [-0.15, -0.1) is 0 Å². The molecule has 2 aromatic carbocycles. The Bertz CT molecular complexity index is 727. The molecule has 0 aliphatic heterocycles. The van der Waals surface area contributed by atoms with Gasteiger partial charge in [0.05, 0.1) is 6.54 Å². The van der Waals surface area contributed by atoms with Gasteiger partial charge in [0.1, 0.15) is 0 Å². The molecule has 2 N–H and O–H groups in total. The van der Waals surface area contributed by atoms with Crippen LogP contribution in [0.1, 0.15) is 32.3 Å². The third-order valence-corrected chi connectivity index (χ3v) is 4.25. The van der Waals surface area contributed by atoms with E-state index in [0.717, 1.165) is 18.7 Å². The molecule has 0 atom stereocenters. The first-order chi connectivity index (χ1) is 12.9. The SMILES string of the molecule is CC(C)CCC(=O)NCC(=O)Nc1ccc(N(C)Cc2ccccc2)cc1. The van der Waals surface area contributed by atoms with Crippen molar-refractivity contribution >= 4 is 23.2 Å². The molecule has 0 aromatic heterocycles. The molecule has 0 aliphatic carbocycles. The van der Waals surface area contributed by atoms with Crippen LogP contribution in [0.4, 0.5) is 11.4 Å². The van der Waals surface area contributed by atoms with E-state index in [-0.39, 0.29) is 18.4 Å². The highest BCUT2D eigenvalue weighted by atomic mass is 16.2. The average molecular weight is 367 g/mol. The van der Waals surface area contributed by atoms with E-state index in [4.69, 9.17) is 0 Å². The van der Waals surface area contributed by atoms with E-state index in [1.807, 2.05) is 49.5 Å². The summed E-state index contributed by atoms with van der Waals surface area (Å²) in [4.78, 5) is 25.8. The van der Waals surface area contributed by atoms with Gasteiger partial charge in [0.15, 0.2) is 0 Å². The van der Waals surface area contributed by atoms with E-state index in [9.17, 15) is 9.59 Å². The van der Waals surface area contributed by atoms with Crippen LogP contribution in [-0.4, -0.2) is 25.4 Å². The first kappa shape index (κ1) is 20.5. The second-order valence-corrected chi connectivity index (χ2v) is 7.15. The van der Waals surface area contributed by atoms with E-state index in [1.54, 1.807) is 0 Å². The van der Waals surface area contributed by atoms with Crippen molar-refractivity contribution in [3.8, 4) is 0 Å². The van der Waals surface area contributed by atoms with Crippen LogP contribution >= 0.6 is 0 Å². The van der Waals surface area contributed by atoms with Crippen molar-refractivity contribution in [2.24, 2.45) is 5.92 Å². The van der Waals surface area contributed by atoms with Gasteiger partial charge in [-0.05, 0) is 42.2 Å². The Morgan fingerprint density at radius 2 is 1.63 bits per heavy atom. The number of nitrogens with zero attached hydrogens (tertiary/aromatic N) is 1. The van der Waals surface area contributed by atoms with E-state index < -0.39 is 0 Å². The fourth-order valence-electron chi connectivity index (χ4n) is 2.64. The highest BCUT2D eigenvalue weighted by Gasteiger charge is 2.08. The molecule has 0 radical (unpaired) electrons. The number of benzene rings is 2. The van der Waals surface area contributed by atoms with Crippen LogP contribution in [0.25, 0.3) is 0 Å². The summed E-state index contributed by atoms with van der Waals surface area (Å²) >= 11 is 0. The van der Waals surface area contributed by atoms with Gasteiger partial charge in [0.25, 0.3) is 0 Å². The summed E-state index contributed by atoms with van der Waals surface area (Å²) in [6.07, 6.45) is 1.28. The monoisotopic (exact) mass is 367 g/mol. The Morgan fingerprint density at radius 1 is 0.963 bits per heavy atom. The van der Waals surface area contributed by atoms with Crippen LogP contribution in [0.2, 0.25) is 0 Å². The second-order valence-electron chi connectivity index (χ2n) is 7.15. The predicted molar refractivity (Wildman–Crippen MR) is 111 cm³/mol. The Morgan fingerprint density at radius 3 is 2.26 bits per heavy atom. The smallest absolute Gasteiger partial charge is 0.243 e. The lowest BCUT2D eigenvalue weighted by atomic mass is 10.1. The summed E-state index contributed by atoms with van der Waals surface area (Å²) in [6, 6.07) is 18.0. The molecule has 0 fully saturated rings. The van der Waals surface area contributed by atoms with Crippen LogP contribution in [0.3, 0.4) is 0 Å². The first-order valence-corrected chi connectivity index (χ1v) is 9.35. The highest BCUT2D eigenvalue weighted by Crippen LogP contribution is 2.18. The summed E-state index contributed by atoms with van der Waals surface area (Å²) in [5, 5.41) is 5.46. The molecule has 27 heavy (non-hydrogen) atoms. The summed E-state index contributed by atoms with van der Waals surface area (Å²) in [5.74, 6) is 0.165. The number of carbonyl (C=O) groups is 2. The van der Waals surface area contributed by atoms with Crippen molar-refractivity contribution in [1.82, 2.24) is 5.32 Å². The summed E-state index contributed by atoms with van der Waals surface area (Å²) in [7, 11) is 2.03. The molecule has 0 bridgehead atoms. The van der Waals surface area contributed by atoms with E-state index in [2.05, 4.69) is 41.5 Å². The van der Waals surface area contributed by atoms with Crippen LogP contribution in [0, 0.1) is 5.92 Å². The van der Waals surface area contributed by atoms with Gasteiger partial charge in [-0.25, -0.2) is 0 Å². The lowest BCUT2D eigenvalue weighted by molar-refractivity contribution is -0.124. The van der Waals surface area contributed by atoms with Crippen LogP contribution < -0.4 is 15.5 Å². The lowest BCUT2D eigenvalue weighted by Crippen LogP contribution is -2.32. The van der Waals surface area contributed by atoms with Crippen molar-refractivity contribution in [3.05, 3.63) is 60.2 Å². The Labute approximate surface area is 161 Å². The van der Waals surface area contributed by atoms with Gasteiger partial charge < -0.3 is 15.5 Å². The average Bonchev–Trinajstić information content (AvgIpc) is 2.66. The third-order valence-electron chi connectivity index (χ3n) is 4.25. The number of rotatable bonds is 9. The van der Waals surface area contributed by atoms with Gasteiger partial charge in [-0.3, -0.25) is 9.59 Å². The quantitative estimate of drug-likeness (QED) is 0.708. The molecule has 0 spiro atoms. The zero-order valence-corrected chi connectivity index (χ0v) is 16.4. The van der Waals surface area contributed by atoms with E-state index >= 15 is 0 Å². The summed E-state index contributed by atoms with van der Waals surface area (Å²) in [6.45, 7) is 4.95. The van der Waals surface area contributed by atoms with E-state index in [1.165, 1.54) is 5.56 Å². The first-order valence-electron chi connectivity index (χ1n) is 9.35. The molecule has 0 aliphatic rings. The number of amides is 2. The van der Waals surface area contributed by atoms with Crippen molar-refractivity contribution < 1.29 is 9.59 Å². The number of carbonyl (C=O) groups excluding carboxylic acids is 2. The van der Waals surface area contributed by atoms with Crippen LogP contribution in [0.15, 0.2) is 54.6 Å². The normalized spacial score (nSPS) is 10.5. The minimum atomic E-state index is -0.224. The Kier molecular flexibility index (Phi) is 7.86. The van der Waals surface area contributed by atoms with Gasteiger partial charge in [-0.1, -0.05) is 44.2 Å². The third kappa shape index (κ3) is 7.52. The molecule has 144 valence electrons. The van der Waals surface area contributed by atoms with Crippen LogP contribution in [0.5, 0.6) is 0 Å². The number of hydrogen-bond donors (Lipinski definition) is 2. The van der Waals surface area contributed by atoms with Gasteiger partial charge in [0.2, 0.25) is 11.8 Å². The maximum absolute atomic E-state index is 12.0. The second kappa shape index (κ2) is 10.4. The maximum Gasteiger partial charge on any atom is 0.243 e. The fourth-order valence-corrected chi connectivity index (χ4v) is 2.64. The molecule has 2 rings (SSSR count). The fraction of sp³-hybridized carbons (Fsp3) is 0.364. The minimum Gasteiger partial charge on any atom is -0.370 e. The zero-order chi connectivity index (χ0) is 19.6. The predicted octanol–water partition coefficient (Wildman–Crippen LogP) is 3.81. The van der Waals surface area contributed by atoms with Crippen molar-refractivity contribution in [3.63, 3.8) is 0 Å². The maximum atomic E-state index is 12.0. The topological polar surface area (TPSA) is 61.4 Å².